The van der Waals surface area contributed by atoms with Crippen molar-refractivity contribution in [2.24, 2.45) is 5.92 Å². The summed E-state index contributed by atoms with van der Waals surface area (Å²) in [4.78, 5) is 11.6. The number of hydrogen-bond acceptors (Lipinski definition) is 1. The highest BCUT2D eigenvalue weighted by Gasteiger charge is 2.04. The molecule has 94 valence electrons. The lowest BCUT2D eigenvalue weighted by atomic mass is 10.1. The Labute approximate surface area is 112 Å². The first-order chi connectivity index (χ1) is 8.11. The van der Waals surface area contributed by atoms with Crippen molar-refractivity contribution in [1.29, 1.82) is 0 Å². The number of nitrogens with one attached hydrogen (secondary N) is 1. The van der Waals surface area contributed by atoms with Gasteiger partial charge < -0.3 is 5.32 Å². The molecular formula is C14H20BrNO. The van der Waals surface area contributed by atoms with Gasteiger partial charge >= 0.3 is 0 Å². The van der Waals surface area contributed by atoms with Crippen LogP contribution in [0.2, 0.25) is 0 Å². The molecule has 0 aliphatic carbocycles. The van der Waals surface area contributed by atoms with Crippen LogP contribution >= 0.6 is 15.9 Å². The van der Waals surface area contributed by atoms with E-state index in [0.717, 1.165) is 23.0 Å². The third-order valence-corrected chi connectivity index (χ3v) is 3.46. The van der Waals surface area contributed by atoms with E-state index < -0.39 is 0 Å². The molecule has 0 bridgehead atoms. The molecule has 0 aromatic heterocycles. The third kappa shape index (κ3) is 5.87. The van der Waals surface area contributed by atoms with E-state index in [4.69, 9.17) is 0 Å². The molecule has 3 heteroatoms. The fraction of sp³-hybridized carbons (Fsp3) is 0.500. The van der Waals surface area contributed by atoms with Crippen LogP contribution in [0.1, 0.15) is 32.3 Å². The van der Waals surface area contributed by atoms with Gasteiger partial charge in [-0.25, -0.2) is 0 Å². The predicted molar refractivity (Wildman–Crippen MR) is 74.9 cm³/mol. The molecule has 1 aromatic rings. The normalized spacial score (nSPS) is 12.2. The van der Waals surface area contributed by atoms with Crippen LogP contribution in [0.3, 0.4) is 0 Å². The zero-order valence-electron chi connectivity index (χ0n) is 10.5. The molecule has 0 spiro atoms. The fourth-order valence-corrected chi connectivity index (χ4v) is 1.78. The van der Waals surface area contributed by atoms with Crippen LogP contribution in [0.4, 0.5) is 0 Å². The highest BCUT2D eigenvalue weighted by Crippen LogP contribution is 2.11. The van der Waals surface area contributed by atoms with Crippen molar-refractivity contribution in [1.82, 2.24) is 5.32 Å². The lowest BCUT2D eigenvalue weighted by molar-refractivity contribution is -0.120. The Morgan fingerprint density at radius 2 is 2.00 bits per heavy atom. The summed E-state index contributed by atoms with van der Waals surface area (Å²) in [5.74, 6) is 0.790. The predicted octanol–water partition coefficient (Wildman–Crippen LogP) is 3.54. The average Bonchev–Trinajstić information content (AvgIpc) is 2.32. The quantitative estimate of drug-likeness (QED) is 0.855. The summed E-state index contributed by atoms with van der Waals surface area (Å²) in [6.07, 6.45) is 2.69. The molecular weight excluding hydrogens is 278 g/mol. The number of amides is 1. The SMILES string of the molecule is CCC(C)CCNC(=O)Cc1ccc(Br)cc1. The smallest absolute Gasteiger partial charge is 0.224 e. The molecule has 17 heavy (non-hydrogen) atoms. The molecule has 0 aliphatic rings. The highest BCUT2D eigenvalue weighted by atomic mass is 79.9. The molecule has 1 unspecified atom stereocenters. The summed E-state index contributed by atoms with van der Waals surface area (Å²) < 4.78 is 1.04. The first kappa shape index (κ1) is 14.2. The molecule has 0 heterocycles. The molecule has 0 saturated carbocycles. The molecule has 0 radical (unpaired) electrons. The fourth-order valence-electron chi connectivity index (χ4n) is 1.51. The third-order valence-electron chi connectivity index (χ3n) is 2.93. The molecule has 0 saturated heterocycles. The van der Waals surface area contributed by atoms with Crippen LogP contribution in [0.5, 0.6) is 0 Å². The van der Waals surface area contributed by atoms with Crippen LogP contribution in [0.15, 0.2) is 28.7 Å². The summed E-state index contributed by atoms with van der Waals surface area (Å²) in [6, 6.07) is 7.86. The molecule has 2 nitrogen and oxygen atoms in total. The molecule has 0 fully saturated rings. The van der Waals surface area contributed by atoms with Crippen molar-refractivity contribution in [2.45, 2.75) is 33.1 Å². The van der Waals surface area contributed by atoms with E-state index in [1.54, 1.807) is 0 Å². The van der Waals surface area contributed by atoms with Crippen LogP contribution in [0, 0.1) is 5.92 Å². The molecule has 1 atom stereocenters. The van der Waals surface area contributed by atoms with Gasteiger partial charge in [-0.1, -0.05) is 48.3 Å². The van der Waals surface area contributed by atoms with Crippen LogP contribution in [0.25, 0.3) is 0 Å². The van der Waals surface area contributed by atoms with Gasteiger partial charge in [0.1, 0.15) is 0 Å². The van der Waals surface area contributed by atoms with Gasteiger partial charge in [0.05, 0.1) is 6.42 Å². The zero-order chi connectivity index (χ0) is 12.7. The Morgan fingerprint density at radius 3 is 2.59 bits per heavy atom. The maximum absolute atomic E-state index is 11.6. The summed E-state index contributed by atoms with van der Waals surface area (Å²) in [5, 5.41) is 2.96. The minimum absolute atomic E-state index is 0.107. The van der Waals surface area contributed by atoms with Gasteiger partial charge in [-0.15, -0.1) is 0 Å². The Kier molecular flexibility index (Phi) is 6.27. The van der Waals surface area contributed by atoms with Crippen molar-refractivity contribution in [3.05, 3.63) is 34.3 Å². The molecule has 1 aromatic carbocycles. The molecule has 1 amide bonds. The largest absolute Gasteiger partial charge is 0.356 e. The van der Waals surface area contributed by atoms with E-state index in [2.05, 4.69) is 35.1 Å². The van der Waals surface area contributed by atoms with Crippen molar-refractivity contribution in [3.63, 3.8) is 0 Å². The molecule has 1 rings (SSSR count). The zero-order valence-corrected chi connectivity index (χ0v) is 12.1. The van der Waals surface area contributed by atoms with Gasteiger partial charge in [0.15, 0.2) is 0 Å². The monoisotopic (exact) mass is 297 g/mol. The van der Waals surface area contributed by atoms with Gasteiger partial charge in [0.2, 0.25) is 5.91 Å². The summed E-state index contributed by atoms with van der Waals surface area (Å²) in [6.45, 7) is 5.17. The Morgan fingerprint density at radius 1 is 1.35 bits per heavy atom. The van der Waals surface area contributed by atoms with E-state index in [9.17, 15) is 4.79 Å². The summed E-state index contributed by atoms with van der Waals surface area (Å²) >= 11 is 3.38. The lowest BCUT2D eigenvalue weighted by Crippen LogP contribution is -2.27. The van der Waals surface area contributed by atoms with Gasteiger partial charge in [0.25, 0.3) is 0 Å². The highest BCUT2D eigenvalue weighted by molar-refractivity contribution is 9.10. The van der Waals surface area contributed by atoms with Crippen LogP contribution in [-0.2, 0) is 11.2 Å². The van der Waals surface area contributed by atoms with Crippen molar-refractivity contribution in [3.8, 4) is 0 Å². The van der Waals surface area contributed by atoms with Crippen molar-refractivity contribution in [2.75, 3.05) is 6.54 Å². The van der Waals surface area contributed by atoms with Crippen molar-refractivity contribution < 1.29 is 4.79 Å². The summed E-state index contributed by atoms with van der Waals surface area (Å²) in [7, 11) is 0. The van der Waals surface area contributed by atoms with Crippen LogP contribution < -0.4 is 5.32 Å². The molecule has 0 aliphatic heterocycles. The van der Waals surface area contributed by atoms with Crippen LogP contribution in [-0.4, -0.2) is 12.5 Å². The first-order valence-corrected chi connectivity index (χ1v) is 6.92. The van der Waals surface area contributed by atoms with E-state index in [1.807, 2.05) is 24.3 Å². The van der Waals surface area contributed by atoms with E-state index in [1.165, 1.54) is 6.42 Å². The van der Waals surface area contributed by atoms with Gasteiger partial charge in [-0.3, -0.25) is 4.79 Å². The summed E-state index contributed by atoms with van der Waals surface area (Å²) in [5.41, 5.74) is 1.05. The van der Waals surface area contributed by atoms with E-state index in [0.29, 0.717) is 12.3 Å². The maximum atomic E-state index is 11.6. The van der Waals surface area contributed by atoms with E-state index in [-0.39, 0.29) is 5.91 Å². The average molecular weight is 298 g/mol. The minimum Gasteiger partial charge on any atom is -0.356 e. The molecule has 1 N–H and O–H groups in total. The number of carbonyl (C=O) groups is 1. The Balaban J connectivity index is 2.27. The van der Waals surface area contributed by atoms with E-state index >= 15 is 0 Å². The second-order valence-corrected chi connectivity index (χ2v) is 5.37. The van der Waals surface area contributed by atoms with Gasteiger partial charge in [-0.05, 0) is 30.0 Å². The first-order valence-electron chi connectivity index (χ1n) is 6.13. The number of carbonyl (C=O) groups excluding carboxylic acids is 1. The number of halogens is 1. The topological polar surface area (TPSA) is 29.1 Å². The standard InChI is InChI=1S/C14H20BrNO/c1-3-11(2)8-9-16-14(17)10-12-4-6-13(15)7-5-12/h4-7,11H,3,8-10H2,1-2H3,(H,16,17). The lowest BCUT2D eigenvalue weighted by Gasteiger charge is -2.09. The van der Waals surface area contributed by atoms with Gasteiger partial charge in [-0.2, -0.15) is 0 Å². The Bertz CT molecular complexity index is 348. The van der Waals surface area contributed by atoms with Gasteiger partial charge in [0, 0.05) is 11.0 Å². The minimum atomic E-state index is 0.107. The number of rotatable bonds is 6. The maximum Gasteiger partial charge on any atom is 0.224 e. The number of benzene rings is 1. The second kappa shape index (κ2) is 7.49. The van der Waals surface area contributed by atoms with Crippen molar-refractivity contribution >= 4 is 21.8 Å². The Hall–Kier alpha value is -0.830. The second-order valence-electron chi connectivity index (χ2n) is 4.46. The number of hydrogen-bond donors (Lipinski definition) is 1.